The highest BCUT2D eigenvalue weighted by Crippen LogP contribution is 2.31. The summed E-state index contributed by atoms with van der Waals surface area (Å²) in [5.74, 6) is 2.18. The molecule has 6 heteroatoms. The first-order valence-corrected chi connectivity index (χ1v) is 7.09. The summed E-state index contributed by atoms with van der Waals surface area (Å²) in [6.07, 6.45) is 1.98. The van der Waals surface area contributed by atoms with Crippen molar-refractivity contribution in [2.24, 2.45) is 0 Å². The minimum absolute atomic E-state index is 0.130. The van der Waals surface area contributed by atoms with Gasteiger partial charge in [-0.3, -0.25) is 4.79 Å². The van der Waals surface area contributed by atoms with E-state index in [1.54, 1.807) is 26.4 Å². The van der Waals surface area contributed by atoms with Gasteiger partial charge in [-0.05, 0) is 32.0 Å². The zero-order valence-corrected chi connectivity index (χ0v) is 12.2. The van der Waals surface area contributed by atoms with Crippen LogP contribution in [0.4, 0.5) is 0 Å². The van der Waals surface area contributed by atoms with Crippen molar-refractivity contribution < 1.29 is 9.47 Å². The molecular weight excluding hydrogens is 270 g/mol. The van der Waals surface area contributed by atoms with E-state index >= 15 is 0 Å². The third-order valence-corrected chi connectivity index (χ3v) is 3.95. The molecule has 2 N–H and O–H groups in total. The number of aromatic nitrogens is 2. The summed E-state index contributed by atoms with van der Waals surface area (Å²) >= 11 is 0. The quantitative estimate of drug-likeness (QED) is 0.893. The number of hydrogen-bond acceptors (Lipinski definition) is 5. The summed E-state index contributed by atoms with van der Waals surface area (Å²) in [4.78, 5) is 19.8. The zero-order valence-electron chi connectivity index (χ0n) is 12.2. The maximum absolute atomic E-state index is 12.3. The van der Waals surface area contributed by atoms with Gasteiger partial charge in [-0.1, -0.05) is 0 Å². The van der Waals surface area contributed by atoms with E-state index in [0.29, 0.717) is 28.3 Å². The molecule has 21 heavy (non-hydrogen) atoms. The first-order chi connectivity index (χ1) is 10.2. The number of aromatic amines is 1. The first-order valence-electron chi connectivity index (χ1n) is 7.09. The van der Waals surface area contributed by atoms with E-state index in [0.717, 1.165) is 31.8 Å². The Morgan fingerprint density at radius 1 is 1.14 bits per heavy atom. The van der Waals surface area contributed by atoms with E-state index in [2.05, 4.69) is 15.3 Å². The standard InChI is InChI=1S/C15H19N3O3/c1-20-12-7-10-11(8-13(12)21-2)17-14(18-15(10)19)9-3-5-16-6-4-9/h7-9,16H,3-6H2,1-2H3,(H,17,18,19). The molecular formula is C15H19N3O3. The van der Waals surface area contributed by atoms with Gasteiger partial charge in [-0.15, -0.1) is 0 Å². The topological polar surface area (TPSA) is 76.2 Å². The molecule has 0 radical (unpaired) electrons. The van der Waals surface area contributed by atoms with Crippen LogP contribution in [-0.4, -0.2) is 37.3 Å². The van der Waals surface area contributed by atoms with Gasteiger partial charge in [0.25, 0.3) is 5.56 Å². The van der Waals surface area contributed by atoms with E-state index in [4.69, 9.17) is 9.47 Å². The van der Waals surface area contributed by atoms with Crippen LogP contribution in [0, 0.1) is 0 Å². The van der Waals surface area contributed by atoms with Crippen molar-refractivity contribution in [3.05, 3.63) is 28.3 Å². The normalized spacial score (nSPS) is 16.1. The van der Waals surface area contributed by atoms with Crippen LogP contribution in [0.15, 0.2) is 16.9 Å². The Kier molecular flexibility index (Phi) is 3.79. The Morgan fingerprint density at radius 3 is 2.48 bits per heavy atom. The van der Waals surface area contributed by atoms with E-state index in [9.17, 15) is 4.79 Å². The van der Waals surface area contributed by atoms with Crippen LogP contribution < -0.4 is 20.3 Å². The van der Waals surface area contributed by atoms with Crippen LogP contribution in [0.3, 0.4) is 0 Å². The number of H-pyrrole nitrogens is 1. The molecule has 0 atom stereocenters. The molecule has 0 saturated carbocycles. The SMILES string of the molecule is COc1cc2nc(C3CCNCC3)[nH]c(=O)c2cc1OC. The smallest absolute Gasteiger partial charge is 0.258 e. The molecule has 6 nitrogen and oxygen atoms in total. The molecule has 112 valence electrons. The van der Waals surface area contributed by atoms with Crippen molar-refractivity contribution in [3.8, 4) is 11.5 Å². The van der Waals surface area contributed by atoms with E-state index < -0.39 is 0 Å². The van der Waals surface area contributed by atoms with E-state index in [-0.39, 0.29) is 5.56 Å². The summed E-state index contributed by atoms with van der Waals surface area (Å²) in [7, 11) is 3.12. The Morgan fingerprint density at radius 2 is 1.81 bits per heavy atom. The van der Waals surface area contributed by atoms with Crippen LogP contribution in [-0.2, 0) is 0 Å². The van der Waals surface area contributed by atoms with Crippen LogP contribution >= 0.6 is 0 Å². The molecule has 1 aliphatic rings. The molecule has 0 aliphatic carbocycles. The number of ether oxygens (including phenoxy) is 2. The average molecular weight is 289 g/mol. The Hall–Kier alpha value is -2.08. The molecule has 0 amide bonds. The third-order valence-electron chi connectivity index (χ3n) is 3.95. The molecule has 1 saturated heterocycles. The Labute approximate surface area is 122 Å². The van der Waals surface area contributed by atoms with Crippen molar-refractivity contribution >= 4 is 10.9 Å². The zero-order chi connectivity index (χ0) is 14.8. The highest BCUT2D eigenvalue weighted by Gasteiger charge is 2.19. The van der Waals surface area contributed by atoms with Crippen LogP contribution in [0.1, 0.15) is 24.6 Å². The second-order valence-corrected chi connectivity index (χ2v) is 5.20. The first kappa shape index (κ1) is 13.9. The lowest BCUT2D eigenvalue weighted by Gasteiger charge is -2.21. The second-order valence-electron chi connectivity index (χ2n) is 5.20. The predicted octanol–water partition coefficient (Wildman–Crippen LogP) is 1.41. The molecule has 1 aliphatic heterocycles. The average Bonchev–Trinajstić information content (AvgIpc) is 2.54. The van der Waals surface area contributed by atoms with Crippen LogP contribution in [0.25, 0.3) is 10.9 Å². The van der Waals surface area contributed by atoms with Crippen LogP contribution in [0.5, 0.6) is 11.5 Å². The van der Waals surface area contributed by atoms with E-state index in [1.807, 2.05) is 0 Å². The van der Waals surface area contributed by atoms with Gasteiger partial charge in [-0.2, -0.15) is 0 Å². The fourth-order valence-electron chi connectivity index (χ4n) is 2.77. The molecule has 1 aromatic carbocycles. The number of methoxy groups -OCH3 is 2. The second kappa shape index (κ2) is 5.73. The molecule has 0 bridgehead atoms. The largest absolute Gasteiger partial charge is 0.493 e. The number of benzene rings is 1. The molecule has 2 heterocycles. The van der Waals surface area contributed by atoms with Crippen LogP contribution in [0.2, 0.25) is 0 Å². The molecule has 0 spiro atoms. The lowest BCUT2D eigenvalue weighted by molar-refractivity contribution is 0.355. The summed E-state index contributed by atoms with van der Waals surface area (Å²) in [6.45, 7) is 1.91. The summed E-state index contributed by atoms with van der Waals surface area (Å²) in [5, 5.41) is 3.83. The number of piperidine rings is 1. The van der Waals surface area contributed by atoms with Gasteiger partial charge >= 0.3 is 0 Å². The lowest BCUT2D eigenvalue weighted by atomic mass is 9.97. The Bertz CT molecular complexity index is 705. The van der Waals surface area contributed by atoms with Gasteiger partial charge < -0.3 is 19.8 Å². The third kappa shape index (κ3) is 2.58. The van der Waals surface area contributed by atoms with E-state index in [1.165, 1.54) is 0 Å². The van der Waals surface area contributed by atoms with Gasteiger partial charge in [0.2, 0.25) is 0 Å². The van der Waals surface area contributed by atoms with Gasteiger partial charge in [0.05, 0.1) is 25.1 Å². The maximum Gasteiger partial charge on any atom is 0.258 e. The number of nitrogens with zero attached hydrogens (tertiary/aromatic N) is 1. The number of rotatable bonds is 3. The summed E-state index contributed by atoms with van der Waals surface area (Å²) in [6, 6.07) is 3.43. The molecule has 1 aromatic heterocycles. The van der Waals surface area contributed by atoms with Crippen molar-refractivity contribution in [1.29, 1.82) is 0 Å². The van der Waals surface area contributed by atoms with Crippen molar-refractivity contribution in [2.75, 3.05) is 27.3 Å². The van der Waals surface area contributed by atoms with Gasteiger partial charge in [0, 0.05) is 12.0 Å². The minimum atomic E-state index is -0.130. The fraction of sp³-hybridized carbons (Fsp3) is 0.467. The highest BCUT2D eigenvalue weighted by atomic mass is 16.5. The lowest BCUT2D eigenvalue weighted by Crippen LogP contribution is -2.28. The highest BCUT2D eigenvalue weighted by molar-refractivity contribution is 5.81. The predicted molar refractivity (Wildman–Crippen MR) is 80.3 cm³/mol. The Balaban J connectivity index is 2.11. The fourth-order valence-corrected chi connectivity index (χ4v) is 2.77. The van der Waals surface area contributed by atoms with Gasteiger partial charge in [0.15, 0.2) is 11.5 Å². The van der Waals surface area contributed by atoms with Crippen molar-refractivity contribution in [1.82, 2.24) is 15.3 Å². The van der Waals surface area contributed by atoms with Gasteiger partial charge in [-0.25, -0.2) is 4.98 Å². The van der Waals surface area contributed by atoms with Crippen molar-refractivity contribution in [2.45, 2.75) is 18.8 Å². The summed E-state index contributed by atoms with van der Waals surface area (Å²) < 4.78 is 10.5. The summed E-state index contributed by atoms with van der Waals surface area (Å²) in [5.41, 5.74) is 0.513. The molecule has 1 fully saturated rings. The molecule has 3 rings (SSSR count). The number of fused-ring (bicyclic) bond motifs is 1. The van der Waals surface area contributed by atoms with Gasteiger partial charge in [0.1, 0.15) is 5.82 Å². The van der Waals surface area contributed by atoms with Crippen molar-refractivity contribution in [3.63, 3.8) is 0 Å². The maximum atomic E-state index is 12.3. The number of nitrogens with one attached hydrogen (secondary N) is 2. The molecule has 0 unspecified atom stereocenters. The number of hydrogen-bond donors (Lipinski definition) is 2. The minimum Gasteiger partial charge on any atom is -0.493 e. The monoisotopic (exact) mass is 289 g/mol. The molecule has 2 aromatic rings.